The van der Waals surface area contributed by atoms with E-state index in [4.69, 9.17) is 42.8 Å². The number of aromatic amines is 1. The van der Waals surface area contributed by atoms with Gasteiger partial charge in [0.05, 0.1) is 31.7 Å². The van der Waals surface area contributed by atoms with Gasteiger partial charge < -0.3 is 38.6 Å². The first kappa shape index (κ1) is 50.5. The maximum Gasteiger partial charge on any atom is 0.389 e. The van der Waals surface area contributed by atoms with E-state index in [0.29, 0.717) is 39.4 Å². The summed E-state index contributed by atoms with van der Waals surface area (Å²) in [7, 11) is -5.49. The van der Waals surface area contributed by atoms with E-state index in [1.54, 1.807) is 36.4 Å². The normalized spacial score (nSPS) is 28.3. The number of halogens is 2. The van der Waals surface area contributed by atoms with Crippen molar-refractivity contribution >= 4 is 49.0 Å². The number of aromatic nitrogens is 6. The number of benzene rings is 2. The fraction of sp³-hybridized carbons (Fsp3) is 0.488. The molecule has 8 rings (SSSR count). The van der Waals surface area contributed by atoms with Crippen LogP contribution in [0.15, 0.2) is 83.0 Å². The molecular formula is C43H50F2N7O14P2S-. The van der Waals surface area contributed by atoms with Gasteiger partial charge in [-0.2, -0.15) is 0 Å². The Hall–Kier alpha value is -4.87. The molecule has 3 fully saturated rings. The lowest BCUT2D eigenvalue weighted by molar-refractivity contribution is -0.235. The molecule has 69 heavy (non-hydrogen) atoms. The highest BCUT2D eigenvalue weighted by Crippen LogP contribution is 2.64. The molecule has 3 saturated heterocycles. The lowest BCUT2D eigenvalue weighted by Crippen LogP contribution is -2.38. The van der Waals surface area contributed by atoms with Crippen LogP contribution in [0, 0.1) is 0 Å². The topological polar surface area (TPSA) is 273 Å². The number of carbonyl (C=O) groups excluding carboxylic acids is 1. The second-order valence-electron chi connectivity index (χ2n) is 16.4. The van der Waals surface area contributed by atoms with Crippen molar-refractivity contribution in [2.24, 2.45) is 0 Å². The number of nitrogens with two attached hydrogens (primary N) is 1. The minimum absolute atomic E-state index is 0.0240. The molecule has 3 aliphatic heterocycles. The molecule has 0 radical (unpaired) electrons. The van der Waals surface area contributed by atoms with Crippen LogP contribution >= 0.6 is 26.0 Å². The molecule has 0 spiro atoms. The van der Waals surface area contributed by atoms with Crippen molar-refractivity contribution in [2.45, 2.75) is 113 Å². The summed E-state index contributed by atoms with van der Waals surface area (Å²) < 4.78 is 108. The van der Waals surface area contributed by atoms with E-state index in [2.05, 4.69) is 21.9 Å². The second-order valence-corrected chi connectivity index (χ2v) is 21.8. The van der Waals surface area contributed by atoms with Gasteiger partial charge in [-0.15, -0.1) is 0 Å². The van der Waals surface area contributed by atoms with E-state index in [0.717, 1.165) is 42.3 Å². The number of carbonyl (C=O) groups is 1. The molecule has 2 aromatic carbocycles. The number of nitrogen functional groups attached to an aromatic ring is 1. The van der Waals surface area contributed by atoms with Gasteiger partial charge in [0.15, 0.2) is 36.3 Å². The molecule has 5 aromatic rings. The van der Waals surface area contributed by atoms with Gasteiger partial charge in [0.25, 0.3) is 13.4 Å². The first-order valence-electron chi connectivity index (χ1n) is 22.3. The summed E-state index contributed by atoms with van der Waals surface area (Å²) in [5.41, 5.74) is 4.98. The summed E-state index contributed by atoms with van der Waals surface area (Å²) in [6.45, 7) is -3.74. The SMILES string of the molecule is CCCCCCCCCCOc1ccc(C(=O)Oc2ccc(CS[P@@]3(=O)OC[C@H]4O[C@@H](n5cnc6c(N)ncnc65)[C@H](F)[C@@H]4OP(=O)([O-])OC[C@H]4O[C@@H](n5ccc(=O)[nH]c5=O)[C@H](F)[C@@H]4O3)cc2)cc1. The number of phosphoric acid groups is 1. The molecular weight excluding hydrogens is 971 g/mol. The van der Waals surface area contributed by atoms with Crippen molar-refractivity contribution in [1.29, 1.82) is 0 Å². The third-order valence-corrected chi connectivity index (χ3v) is 16.1. The Morgan fingerprint density at radius 1 is 0.841 bits per heavy atom. The summed E-state index contributed by atoms with van der Waals surface area (Å²) in [4.78, 5) is 64.8. The summed E-state index contributed by atoms with van der Waals surface area (Å²) >= 11 is 0.584. The van der Waals surface area contributed by atoms with Gasteiger partial charge >= 0.3 is 18.5 Å². The van der Waals surface area contributed by atoms with Gasteiger partial charge in [-0.25, -0.2) is 37.9 Å². The molecule has 1 unspecified atom stereocenters. The first-order valence-corrected chi connectivity index (χ1v) is 26.9. The molecule has 3 aliphatic rings. The standard InChI is InChI=1S/C43H51F2N7O14P2S/c1-2-3-4-5-6-7-8-9-20-59-28-16-12-27(13-17-28)42(54)62-29-14-10-26(11-15-29)23-69-68(58)61-22-31-36(33(44)41(64-31)52-25-49-35-38(46)47-24-48-39(35)52)65-67(56,57)60-21-30-37(66-68)34(45)40(63-30)51-19-18-32(53)50-43(51)55/h10-19,24-25,30-31,33-34,36-37,40-41H,2-9,20-23H2,1H3,(H,56,57)(H2,46,47,48)(H,50,53,55)/p-1/t30-,31-,33-,34-,36-,37-,40-,41-,68+/m1/s1. The Kier molecular flexibility index (Phi) is 16.5. The second kappa shape index (κ2) is 22.5. The van der Waals surface area contributed by atoms with Crippen LogP contribution in [0.4, 0.5) is 14.6 Å². The number of nitrogens with one attached hydrogen (secondary N) is 1. The van der Waals surface area contributed by atoms with Crippen LogP contribution in [0.5, 0.6) is 11.5 Å². The fourth-order valence-corrected chi connectivity index (χ4v) is 12.2. The fourth-order valence-electron chi connectivity index (χ4n) is 7.88. The number of alkyl halides is 2. The maximum absolute atomic E-state index is 16.5. The number of hydrogen-bond donors (Lipinski definition) is 2. The number of phosphoric ester groups is 1. The smallest absolute Gasteiger partial charge is 0.389 e. The molecule has 10 atom stereocenters. The van der Waals surface area contributed by atoms with Crippen LogP contribution in [0.25, 0.3) is 11.2 Å². The molecule has 21 nitrogen and oxygen atoms in total. The number of hydrogen-bond acceptors (Lipinski definition) is 19. The predicted octanol–water partition coefficient (Wildman–Crippen LogP) is 6.50. The summed E-state index contributed by atoms with van der Waals surface area (Å²) in [6, 6.07) is 13.7. The number of anilines is 1. The van der Waals surface area contributed by atoms with Gasteiger partial charge in [0.1, 0.15) is 47.8 Å². The van der Waals surface area contributed by atoms with Crippen LogP contribution in [-0.4, -0.2) is 91.6 Å². The Balaban J connectivity index is 0.953. The highest BCUT2D eigenvalue weighted by atomic mass is 32.7. The first-order chi connectivity index (χ1) is 33.2. The van der Waals surface area contributed by atoms with Gasteiger partial charge in [-0.05, 0) is 59.8 Å². The molecule has 6 heterocycles. The van der Waals surface area contributed by atoms with Gasteiger partial charge in [-0.3, -0.25) is 32.5 Å². The largest absolute Gasteiger partial charge is 0.756 e. The zero-order chi connectivity index (χ0) is 48.7. The minimum Gasteiger partial charge on any atom is -0.756 e. The minimum atomic E-state index is -5.49. The Morgan fingerprint density at radius 3 is 2.17 bits per heavy atom. The van der Waals surface area contributed by atoms with Crippen LogP contribution in [0.1, 0.15) is 86.7 Å². The number of rotatable bonds is 17. The molecule has 0 bridgehead atoms. The van der Waals surface area contributed by atoms with Crippen molar-refractivity contribution in [2.75, 3.05) is 25.6 Å². The van der Waals surface area contributed by atoms with Crippen molar-refractivity contribution in [3.63, 3.8) is 0 Å². The van der Waals surface area contributed by atoms with Crippen LogP contribution < -0.4 is 31.3 Å². The van der Waals surface area contributed by atoms with Gasteiger partial charge in [0, 0.05) is 18.0 Å². The Bertz CT molecular complexity index is 2770. The Labute approximate surface area is 397 Å². The van der Waals surface area contributed by atoms with Crippen LogP contribution in [0.2, 0.25) is 0 Å². The number of imidazole rings is 1. The molecule has 0 aliphatic carbocycles. The third-order valence-electron chi connectivity index (χ3n) is 11.5. The van der Waals surface area contributed by atoms with Crippen molar-refractivity contribution in [1.82, 2.24) is 29.1 Å². The maximum atomic E-state index is 16.5. The molecule has 372 valence electrons. The van der Waals surface area contributed by atoms with Crippen molar-refractivity contribution in [3.8, 4) is 11.5 Å². The van der Waals surface area contributed by atoms with Gasteiger partial charge in [0.2, 0.25) is 0 Å². The number of ether oxygens (including phenoxy) is 4. The highest BCUT2D eigenvalue weighted by Gasteiger charge is 2.54. The number of H-pyrrole nitrogens is 1. The number of nitrogens with zero attached hydrogens (tertiary/aromatic N) is 5. The summed E-state index contributed by atoms with van der Waals surface area (Å²) in [5.74, 6) is 0.0618. The Morgan fingerprint density at radius 2 is 1.48 bits per heavy atom. The summed E-state index contributed by atoms with van der Waals surface area (Å²) in [6.07, 6.45) is -2.60. The van der Waals surface area contributed by atoms with E-state index < -0.39 is 94.3 Å². The number of unbranched alkanes of at least 4 members (excludes halogenated alkanes) is 7. The van der Waals surface area contributed by atoms with E-state index in [9.17, 15) is 28.4 Å². The van der Waals surface area contributed by atoms with E-state index >= 15 is 8.78 Å². The van der Waals surface area contributed by atoms with E-state index in [1.165, 1.54) is 50.7 Å². The average molecular weight is 1020 g/mol. The monoisotopic (exact) mass is 1020 g/mol. The lowest BCUT2D eigenvalue weighted by atomic mass is 10.1. The zero-order valence-corrected chi connectivity index (χ0v) is 39.7. The van der Waals surface area contributed by atoms with Crippen molar-refractivity contribution in [3.05, 3.63) is 105 Å². The third kappa shape index (κ3) is 12.4. The van der Waals surface area contributed by atoms with Crippen LogP contribution in [-0.2, 0) is 42.5 Å². The molecule has 0 amide bonds. The van der Waals surface area contributed by atoms with Crippen LogP contribution in [0.3, 0.4) is 0 Å². The van der Waals surface area contributed by atoms with E-state index in [-0.39, 0.29) is 28.5 Å². The van der Waals surface area contributed by atoms with E-state index in [1.807, 2.05) is 4.98 Å². The zero-order valence-electron chi connectivity index (χ0n) is 37.1. The average Bonchev–Trinajstić information content (AvgIpc) is 3.99. The lowest BCUT2D eigenvalue weighted by Gasteiger charge is -2.32. The van der Waals surface area contributed by atoms with Crippen molar-refractivity contribution < 1.29 is 64.6 Å². The number of esters is 1. The predicted molar refractivity (Wildman–Crippen MR) is 243 cm³/mol. The molecule has 3 N–H and O–H groups in total. The molecule has 26 heteroatoms. The molecule has 0 saturated carbocycles. The highest BCUT2D eigenvalue weighted by molar-refractivity contribution is 8.54. The number of fused-ring (bicyclic) bond motifs is 3. The quantitative estimate of drug-likeness (QED) is 0.0435. The molecule has 3 aromatic heterocycles. The van der Waals surface area contributed by atoms with Gasteiger partial charge in [-0.1, -0.05) is 64.0 Å². The summed E-state index contributed by atoms with van der Waals surface area (Å²) in [5, 5.41) is 0.